The molecule has 0 aromatic heterocycles. The van der Waals surface area contributed by atoms with Gasteiger partial charge in [-0.15, -0.1) is 0 Å². The molecule has 0 radical (unpaired) electrons. The molecule has 0 atom stereocenters. The van der Waals surface area contributed by atoms with Crippen LogP contribution < -0.4 is 15.5 Å². The maximum absolute atomic E-state index is 12.4. The standard InChI is InChI=1S/C21H35N5O2/c1-4-25(19-9-6-5-7-10-19)12-8-11-22-21(28)26-15-13-24(14-16-26)17-20(27)23-18(2)3/h5-7,9-10,18H,4,8,11-17H2,1-3H3,(H,22,28)(H,23,27). The first-order valence-electron chi connectivity index (χ1n) is 10.3. The van der Waals surface area contributed by atoms with Crippen molar-refractivity contribution in [1.29, 1.82) is 0 Å². The quantitative estimate of drug-likeness (QED) is 0.632. The highest BCUT2D eigenvalue weighted by atomic mass is 16.2. The monoisotopic (exact) mass is 389 g/mol. The number of nitrogens with one attached hydrogen (secondary N) is 2. The van der Waals surface area contributed by atoms with Crippen LogP contribution in [0, 0.1) is 0 Å². The van der Waals surface area contributed by atoms with Crippen LogP contribution in [0.15, 0.2) is 30.3 Å². The van der Waals surface area contributed by atoms with Gasteiger partial charge in [-0.2, -0.15) is 0 Å². The first-order valence-corrected chi connectivity index (χ1v) is 10.3. The van der Waals surface area contributed by atoms with Gasteiger partial charge in [0.05, 0.1) is 6.54 Å². The molecule has 0 bridgehead atoms. The van der Waals surface area contributed by atoms with Gasteiger partial charge in [0.25, 0.3) is 0 Å². The predicted molar refractivity (Wildman–Crippen MR) is 114 cm³/mol. The minimum Gasteiger partial charge on any atom is -0.372 e. The van der Waals surface area contributed by atoms with Gasteiger partial charge in [0.15, 0.2) is 0 Å². The lowest BCUT2D eigenvalue weighted by Crippen LogP contribution is -2.53. The fraction of sp³-hybridized carbons (Fsp3) is 0.619. The van der Waals surface area contributed by atoms with E-state index < -0.39 is 0 Å². The summed E-state index contributed by atoms with van der Waals surface area (Å²) in [5.41, 5.74) is 1.22. The molecule has 0 spiro atoms. The Kier molecular flexibility index (Phi) is 9.07. The number of carbonyl (C=O) groups is 2. The van der Waals surface area contributed by atoms with E-state index in [1.54, 1.807) is 0 Å². The Balaban J connectivity index is 1.63. The van der Waals surface area contributed by atoms with Crippen molar-refractivity contribution in [3.63, 3.8) is 0 Å². The zero-order valence-electron chi connectivity index (χ0n) is 17.5. The van der Waals surface area contributed by atoms with Crippen molar-refractivity contribution in [2.45, 2.75) is 33.2 Å². The molecule has 0 aliphatic carbocycles. The fourth-order valence-corrected chi connectivity index (χ4v) is 3.37. The summed E-state index contributed by atoms with van der Waals surface area (Å²) < 4.78 is 0. The Labute approximate surface area is 169 Å². The van der Waals surface area contributed by atoms with Crippen molar-refractivity contribution in [1.82, 2.24) is 20.4 Å². The highest BCUT2D eigenvalue weighted by Gasteiger charge is 2.22. The topological polar surface area (TPSA) is 67.9 Å². The first kappa shape index (κ1) is 22.0. The van der Waals surface area contributed by atoms with Gasteiger partial charge in [-0.1, -0.05) is 18.2 Å². The number of hydrogen-bond donors (Lipinski definition) is 2. The molecule has 1 aliphatic rings. The number of rotatable bonds is 9. The number of para-hydroxylation sites is 1. The van der Waals surface area contributed by atoms with Crippen LogP contribution in [0.4, 0.5) is 10.5 Å². The smallest absolute Gasteiger partial charge is 0.317 e. The van der Waals surface area contributed by atoms with Crippen molar-refractivity contribution in [2.24, 2.45) is 0 Å². The van der Waals surface area contributed by atoms with E-state index >= 15 is 0 Å². The molecule has 7 nitrogen and oxygen atoms in total. The van der Waals surface area contributed by atoms with Gasteiger partial charge < -0.3 is 20.4 Å². The summed E-state index contributed by atoms with van der Waals surface area (Å²) in [7, 11) is 0. The van der Waals surface area contributed by atoms with Crippen LogP contribution >= 0.6 is 0 Å². The highest BCUT2D eigenvalue weighted by molar-refractivity contribution is 5.78. The van der Waals surface area contributed by atoms with Crippen molar-refractivity contribution in [2.75, 3.05) is 57.3 Å². The lowest BCUT2D eigenvalue weighted by atomic mass is 10.2. The largest absolute Gasteiger partial charge is 0.372 e. The van der Waals surface area contributed by atoms with Crippen molar-refractivity contribution in [3.8, 4) is 0 Å². The second kappa shape index (κ2) is 11.5. The average molecular weight is 390 g/mol. The number of anilines is 1. The second-order valence-electron chi connectivity index (χ2n) is 7.49. The Morgan fingerprint density at radius 1 is 1.11 bits per heavy atom. The molecule has 2 rings (SSSR count). The first-order chi connectivity index (χ1) is 13.5. The molecule has 1 aliphatic heterocycles. The molecular weight excluding hydrogens is 354 g/mol. The van der Waals surface area contributed by atoms with E-state index in [1.165, 1.54) is 5.69 Å². The Morgan fingerprint density at radius 3 is 2.39 bits per heavy atom. The Morgan fingerprint density at radius 2 is 1.79 bits per heavy atom. The molecule has 0 saturated carbocycles. The summed E-state index contributed by atoms with van der Waals surface area (Å²) in [6.07, 6.45) is 0.907. The van der Waals surface area contributed by atoms with Crippen LogP contribution in [0.1, 0.15) is 27.2 Å². The molecule has 2 N–H and O–H groups in total. The second-order valence-corrected chi connectivity index (χ2v) is 7.49. The van der Waals surface area contributed by atoms with E-state index in [0.717, 1.165) is 32.6 Å². The van der Waals surface area contributed by atoms with Crippen LogP contribution in [0.3, 0.4) is 0 Å². The zero-order valence-corrected chi connectivity index (χ0v) is 17.5. The predicted octanol–water partition coefficient (Wildman–Crippen LogP) is 1.75. The molecule has 1 heterocycles. The number of hydrogen-bond acceptors (Lipinski definition) is 4. The Bertz CT molecular complexity index is 600. The maximum atomic E-state index is 12.4. The van der Waals surface area contributed by atoms with Crippen molar-refractivity contribution >= 4 is 17.6 Å². The lowest BCUT2D eigenvalue weighted by molar-refractivity contribution is -0.123. The fourth-order valence-electron chi connectivity index (χ4n) is 3.37. The summed E-state index contributed by atoms with van der Waals surface area (Å²) in [4.78, 5) is 30.5. The molecule has 3 amide bonds. The molecule has 156 valence electrons. The minimum atomic E-state index is -0.00552. The maximum Gasteiger partial charge on any atom is 0.317 e. The van der Waals surface area contributed by atoms with Gasteiger partial charge in [-0.25, -0.2) is 4.79 Å². The lowest BCUT2D eigenvalue weighted by Gasteiger charge is -2.34. The van der Waals surface area contributed by atoms with Crippen LogP contribution in [0.5, 0.6) is 0 Å². The summed E-state index contributed by atoms with van der Waals surface area (Å²) in [6.45, 7) is 11.8. The molecule has 28 heavy (non-hydrogen) atoms. The number of piperazine rings is 1. The summed E-state index contributed by atoms with van der Waals surface area (Å²) >= 11 is 0. The molecular formula is C21H35N5O2. The SMILES string of the molecule is CCN(CCCNC(=O)N1CCN(CC(=O)NC(C)C)CC1)c1ccccc1. The molecule has 1 aromatic carbocycles. The molecule has 1 aromatic rings. The number of urea groups is 1. The normalized spacial score (nSPS) is 14.8. The molecule has 0 unspecified atom stereocenters. The van der Waals surface area contributed by atoms with Crippen molar-refractivity contribution < 1.29 is 9.59 Å². The number of carbonyl (C=O) groups excluding carboxylic acids is 2. The highest BCUT2D eigenvalue weighted by Crippen LogP contribution is 2.12. The third-order valence-corrected chi connectivity index (χ3v) is 4.86. The average Bonchev–Trinajstić information content (AvgIpc) is 2.68. The van der Waals surface area contributed by atoms with E-state index in [9.17, 15) is 9.59 Å². The number of benzene rings is 1. The van der Waals surface area contributed by atoms with Gasteiger partial charge >= 0.3 is 6.03 Å². The van der Waals surface area contributed by atoms with Crippen LogP contribution in [0.25, 0.3) is 0 Å². The summed E-state index contributed by atoms with van der Waals surface area (Å²) in [5, 5.41) is 5.93. The molecule has 1 saturated heterocycles. The third kappa shape index (κ3) is 7.38. The van der Waals surface area contributed by atoms with Gasteiger partial charge in [-0.3, -0.25) is 9.69 Å². The summed E-state index contributed by atoms with van der Waals surface area (Å²) in [5.74, 6) is 0.0480. The van der Waals surface area contributed by atoms with E-state index in [1.807, 2.05) is 36.9 Å². The van der Waals surface area contributed by atoms with Gasteiger partial charge in [0.2, 0.25) is 5.91 Å². The van der Waals surface area contributed by atoms with Gasteiger partial charge in [0.1, 0.15) is 0 Å². The van der Waals surface area contributed by atoms with Crippen LogP contribution in [-0.2, 0) is 4.79 Å². The van der Waals surface area contributed by atoms with Crippen molar-refractivity contribution in [3.05, 3.63) is 30.3 Å². The van der Waals surface area contributed by atoms with Crippen LogP contribution in [-0.4, -0.2) is 80.1 Å². The zero-order chi connectivity index (χ0) is 20.4. The Hall–Kier alpha value is -2.28. The van der Waals surface area contributed by atoms with Crippen LogP contribution in [0.2, 0.25) is 0 Å². The molecule has 1 fully saturated rings. The number of amides is 3. The van der Waals surface area contributed by atoms with Gasteiger partial charge in [0, 0.05) is 57.5 Å². The number of nitrogens with zero attached hydrogens (tertiary/aromatic N) is 3. The van der Waals surface area contributed by atoms with E-state index in [4.69, 9.17) is 0 Å². The molecule has 7 heteroatoms. The van der Waals surface area contributed by atoms with Gasteiger partial charge in [-0.05, 0) is 39.3 Å². The third-order valence-electron chi connectivity index (χ3n) is 4.86. The summed E-state index contributed by atoms with van der Waals surface area (Å²) in [6, 6.07) is 10.5. The van der Waals surface area contributed by atoms with E-state index in [-0.39, 0.29) is 18.0 Å². The van der Waals surface area contributed by atoms with E-state index in [2.05, 4.69) is 39.5 Å². The van der Waals surface area contributed by atoms with E-state index in [0.29, 0.717) is 26.2 Å². The minimum absolute atomic E-state index is 0.00552.